The van der Waals surface area contributed by atoms with Gasteiger partial charge in [0.25, 0.3) is 0 Å². The molecule has 8 aromatic rings. The highest BCUT2D eigenvalue weighted by molar-refractivity contribution is 6.12. The van der Waals surface area contributed by atoms with E-state index in [4.69, 9.17) is 0 Å². The SMILES string of the molecule is CC1(C)c2cc(N(c3ccccc3)c3ccccc3)c3ccccc3c2-c2ccc3cc(N(c4ccccc4)c4ccccc4)ccc3c21. The lowest BCUT2D eigenvalue weighted by molar-refractivity contribution is 0.667. The highest BCUT2D eigenvalue weighted by Gasteiger charge is 2.39. The normalized spacial score (nSPS) is 12.9. The molecular formula is C47H36N2. The third-order valence-electron chi connectivity index (χ3n) is 10.2. The van der Waals surface area contributed by atoms with E-state index in [9.17, 15) is 0 Å². The Morgan fingerprint density at radius 2 is 0.878 bits per heavy atom. The number of rotatable bonds is 6. The molecular weight excluding hydrogens is 593 g/mol. The van der Waals surface area contributed by atoms with E-state index in [0.717, 1.165) is 28.4 Å². The number of hydrogen-bond acceptors (Lipinski definition) is 2. The quantitative estimate of drug-likeness (QED) is 0.181. The van der Waals surface area contributed by atoms with Gasteiger partial charge in [0.05, 0.1) is 5.69 Å². The number of fused-ring (bicyclic) bond motifs is 7. The molecule has 49 heavy (non-hydrogen) atoms. The first-order valence-corrected chi connectivity index (χ1v) is 17.0. The molecule has 1 aliphatic carbocycles. The van der Waals surface area contributed by atoms with Crippen LogP contribution in [0.15, 0.2) is 182 Å². The molecule has 234 valence electrons. The molecule has 0 unspecified atom stereocenters. The van der Waals surface area contributed by atoms with Crippen LogP contribution in [-0.2, 0) is 5.41 Å². The van der Waals surface area contributed by atoms with Gasteiger partial charge in [0.15, 0.2) is 0 Å². The topological polar surface area (TPSA) is 6.48 Å². The van der Waals surface area contributed by atoms with E-state index in [1.165, 1.54) is 49.5 Å². The Labute approximate surface area is 288 Å². The van der Waals surface area contributed by atoms with Gasteiger partial charge in [-0.3, -0.25) is 0 Å². The smallest absolute Gasteiger partial charge is 0.0543 e. The standard InChI is InChI=1S/C47H36N2/c1-47(2)43-32-44(49(36-21-11-5-12-22-36)37-23-13-6-14-24-37)40-25-15-16-26-41(40)45(43)42-29-27-33-31-38(28-30-39(33)46(42)47)48(34-17-7-3-8-18-34)35-19-9-4-10-20-35/h3-32H,1-2H3. The van der Waals surface area contributed by atoms with Crippen molar-refractivity contribution in [1.82, 2.24) is 0 Å². The van der Waals surface area contributed by atoms with Gasteiger partial charge in [-0.1, -0.05) is 129 Å². The van der Waals surface area contributed by atoms with Crippen molar-refractivity contribution >= 4 is 55.7 Å². The second-order valence-corrected chi connectivity index (χ2v) is 13.4. The van der Waals surface area contributed by atoms with Crippen LogP contribution in [0, 0.1) is 0 Å². The first-order chi connectivity index (χ1) is 24.1. The summed E-state index contributed by atoms with van der Waals surface area (Å²) in [5.41, 5.74) is 12.1. The van der Waals surface area contributed by atoms with Gasteiger partial charge in [0.1, 0.15) is 0 Å². The van der Waals surface area contributed by atoms with E-state index in [1.807, 2.05) is 0 Å². The van der Waals surface area contributed by atoms with E-state index in [2.05, 4.69) is 206 Å². The lowest BCUT2D eigenvalue weighted by Crippen LogP contribution is -2.17. The molecule has 0 spiro atoms. The molecule has 0 heterocycles. The van der Waals surface area contributed by atoms with Gasteiger partial charge in [0, 0.05) is 39.2 Å². The minimum absolute atomic E-state index is 0.220. The van der Waals surface area contributed by atoms with Crippen LogP contribution in [0.25, 0.3) is 32.7 Å². The van der Waals surface area contributed by atoms with Crippen molar-refractivity contribution in [2.24, 2.45) is 0 Å². The molecule has 2 nitrogen and oxygen atoms in total. The number of hydrogen-bond donors (Lipinski definition) is 0. The third-order valence-corrected chi connectivity index (χ3v) is 10.2. The zero-order valence-electron chi connectivity index (χ0n) is 27.7. The lowest BCUT2D eigenvalue weighted by Gasteiger charge is -2.30. The number of nitrogens with zero attached hydrogens (tertiary/aromatic N) is 2. The summed E-state index contributed by atoms with van der Waals surface area (Å²) < 4.78 is 0. The predicted molar refractivity (Wildman–Crippen MR) is 208 cm³/mol. The predicted octanol–water partition coefficient (Wildman–Crippen LogP) is 13.2. The zero-order valence-corrected chi connectivity index (χ0v) is 27.7. The van der Waals surface area contributed by atoms with Crippen LogP contribution < -0.4 is 9.80 Å². The minimum Gasteiger partial charge on any atom is -0.310 e. The maximum absolute atomic E-state index is 2.46. The van der Waals surface area contributed by atoms with Crippen LogP contribution in [0.1, 0.15) is 25.0 Å². The largest absolute Gasteiger partial charge is 0.310 e. The molecule has 0 radical (unpaired) electrons. The van der Waals surface area contributed by atoms with Crippen molar-refractivity contribution in [3.63, 3.8) is 0 Å². The summed E-state index contributed by atoms with van der Waals surface area (Å²) in [6.07, 6.45) is 0. The van der Waals surface area contributed by atoms with Gasteiger partial charge in [-0.05, 0) is 105 Å². The van der Waals surface area contributed by atoms with E-state index in [1.54, 1.807) is 0 Å². The van der Waals surface area contributed by atoms with Gasteiger partial charge >= 0.3 is 0 Å². The Morgan fingerprint density at radius 3 is 1.43 bits per heavy atom. The Kier molecular flexibility index (Phi) is 6.84. The molecule has 1 aliphatic rings. The maximum atomic E-state index is 2.46. The summed E-state index contributed by atoms with van der Waals surface area (Å²) in [6.45, 7) is 4.80. The molecule has 0 bridgehead atoms. The molecule has 0 fully saturated rings. The fourth-order valence-corrected chi connectivity index (χ4v) is 7.98. The molecule has 0 aliphatic heterocycles. The van der Waals surface area contributed by atoms with Crippen LogP contribution in [0.5, 0.6) is 0 Å². The van der Waals surface area contributed by atoms with Gasteiger partial charge < -0.3 is 9.80 Å². The van der Waals surface area contributed by atoms with Crippen LogP contribution in [0.4, 0.5) is 34.1 Å². The zero-order chi connectivity index (χ0) is 33.0. The van der Waals surface area contributed by atoms with Gasteiger partial charge in [-0.15, -0.1) is 0 Å². The lowest BCUT2D eigenvalue weighted by atomic mass is 9.79. The molecule has 0 saturated carbocycles. The summed E-state index contributed by atoms with van der Waals surface area (Å²) in [6, 6.07) is 65.8. The summed E-state index contributed by atoms with van der Waals surface area (Å²) >= 11 is 0. The molecule has 2 heteroatoms. The number of para-hydroxylation sites is 4. The highest BCUT2D eigenvalue weighted by Crippen LogP contribution is 2.56. The first kappa shape index (κ1) is 29.1. The fraction of sp³-hybridized carbons (Fsp3) is 0.0638. The van der Waals surface area contributed by atoms with Crippen LogP contribution >= 0.6 is 0 Å². The van der Waals surface area contributed by atoms with Crippen molar-refractivity contribution in [2.75, 3.05) is 9.80 Å². The Morgan fingerprint density at radius 1 is 0.388 bits per heavy atom. The molecule has 0 N–H and O–H groups in total. The minimum atomic E-state index is -0.220. The van der Waals surface area contributed by atoms with E-state index in [0.29, 0.717) is 0 Å². The van der Waals surface area contributed by atoms with Crippen LogP contribution in [-0.4, -0.2) is 0 Å². The highest BCUT2D eigenvalue weighted by atomic mass is 15.1. The summed E-state index contributed by atoms with van der Waals surface area (Å²) in [5, 5.41) is 5.08. The van der Waals surface area contributed by atoms with E-state index in [-0.39, 0.29) is 5.41 Å². The molecule has 0 saturated heterocycles. The second kappa shape index (κ2) is 11.5. The van der Waals surface area contributed by atoms with Crippen molar-refractivity contribution in [3.8, 4) is 11.1 Å². The van der Waals surface area contributed by atoms with Crippen molar-refractivity contribution in [3.05, 3.63) is 193 Å². The average Bonchev–Trinajstić information content (AvgIpc) is 3.40. The maximum Gasteiger partial charge on any atom is 0.0543 e. The molecule has 0 aromatic heterocycles. The monoisotopic (exact) mass is 628 g/mol. The van der Waals surface area contributed by atoms with Crippen molar-refractivity contribution < 1.29 is 0 Å². The average molecular weight is 629 g/mol. The van der Waals surface area contributed by atoms with Crippen molar-refractivity contribution in [2.45, 2.75) is 19.3 Å². The third kappa shape index (κ3) is 4.71. The summed E-state index contributed by atoms with van der Waals surface area (Å²) in [5.74, 6) is 0. The number of anilines is 6. The summed E-state index contributed by atoms with van der Waals surface area (Å²) in [7, 11) is 0. The fourth-order valence-electron chi connectivity index (χ4n) is 7.98. The molecule has 0 atom stereocenters. The Bertz CT molecular complexity index is 2370. The number of benzene rings is 8. The van der Waals surface area contributed by atoms with Gasteiger partial charge in [-0.2, -0.15) is 0 Å². The van der Waals surface area contributed by atoms with Crippen LogP contribution in [0.3, 0.4) is 0 Å². The van der Waals surface area contributed by atoms with Gasteiger partial charge in [0.2, 0.25) is 0 Å². The van der Waals surface area contributed by atoms with E-state index < -0.39 is 0 Å². The van der Waals surface area contributed by atoms with E-state index >= 15 is 0 Å². The Hall–Kier alpha value is -6.12. The van der Waals surface area contributed by atoms with Crippen molar-refractivity contribution in [1.29, 1.82) is 0 Å². The van der Waals surface area contributed by atoms with Gasteiger partial charge in [-0.25, -0.2) is 0 Å². The molecule has 8 aromatic carbocycles. The first-order valence-electron chi connectivity index (χ1n) is 17.0. The molecule has 9 rings (SSSR count). The van der Waals surface area contributed by atoms with Crippen LogP contribution in [0.2, 0.25) is 0 Å². The second-order valence-electron chi connectivity index (χ2n) is 13.4. The Balaban J connectivity index is 1.25. The molecule has 0 amide bonds. The summed E-state index contributed by atoms with van der Waals surface area (Å²) in [4.78, 5) is 4.75.